The van der Waals surface area contributed by atoms with Crippen molar-refractivity contribution in [2.24, 2.45) is 11.3 Å². The highest BCUT2D eigenvalue weighted by Crippen LogP contribution is 2.40. The molecular weight excluding hydrogens is 310 g/mol. The third kappa shape index (κ3) is 3.42. The van der Waals surface area contributed by atoms with E-state index in [-0.39, 0.29) is 0 Å². The van der Waals surface area contributed by atoms with Crippen LogP contribution in [0.15, 0.2) is 22.7 Å². The third-order valence-electron chi connectivity index (χ3n) is 3.70. The Morgan fingerprint density at radius 3 is 2.72 bits per heavy atom. The fourth-order valence-corrected chi connectivity index (χ4v) is 3.84. The molecule has 100 valence electrons. The van der Waals surface area contributed by atoms with Gasteiger partial charge in [-0.05, 0) is 58.7 Å². The average Bonchev–Trinajstić information content (AvgIpc) is 2.22. The number of hydrogen-bond donors (Lipinski definition) is 1. The molecule has 0 aromatic heterocycles. The van der Waals surface area contributed by atoms with Gasteiger partial charge in [0.15, 0.2) is 0 Å². The zero-order valence-corrected chi connectivity index (χ0v) is 13.6. The van der Waals surface area contributed by atoms with Gasteiger partial charge in [-0.25, -0.2) is 0 Å². The van der Waals surface area contributed by atoms with E-state index in [2.05, 4.69) is 48.1 Å². The molecule has 2 atom stereocenters. The Labute approximate surface area is 123 Å². The van der Waals surface area contributed by atoms with Crippen LogP contribution in [0.2, 0.25) is 5.02 Å². The first-order chi connectivity index (χ1) is 8.37. The first-order valence-corrected chi connectivity index (χ1v) is 7.75. The van der Waals surface area contributed by atoms with Crippen LogP contribution < -0.4 is 5.32 Å². The van der Waals surface area contributed by atoms with Gasteiger partial charge in [-0.2, -0.15) is 0 Å². The number of halogens is 2. The van der Waals surface area contributed by atoms with Crippen LogP contribution in [-0.2, 0) is 0 Å². The molecule has 0 heterocycles. The second-order valence-corrected chi connectivity index (χ2v) is 7.56. The molecule has 1 nitrogen and oxygen atoms in total. The van der Waals surface area contributed by atoms with Crippen LogP contribution in [0.5, 0.6) is 0 Å². The quantitative estimate of drug-likeness (QED) is 0.730. The van der Waals surface area contributed by atoms with E-state index in [1.165, 1.54) is 19.3 Å². The van der Waals surface area contributed by atoms with Crippen molar-refractivity contribution in [3.8, 4) is 0 Å². The summed E-state index contributed by atoms with van der Waals surface area (Å²) in [5.74, 6) is 0.782. The van der Waals surface area contributed by atoms with Crippen molar-refractivity contribution >= 4 is 33.2 Å². The van der Waals surface area contributed by atoms with E-state index in [0.717, 1.165) is 21.1 Å². The van der Waals surface area contributed by atoms with Crippen molar-refractivity contribution in [3.63, 3.8) is 0 Å². The largest absolute Gasteiger partial charge is 0.381 e. The molecule has 0 saturated heterocycles. The van der Waals surface area contributed by atoms with Gasteiger partial charge in [0.2, 0.25) is 0 Å². The van der Waals surface area contributed by atoms with Crippen molar-refractivity contribution in [1.29, 1.82) is 0 Å². The highest BCUT2D eigenvalue weighted by atomic mass is 79.9. The zero-order valence-electron chi connectivity index (χ0n) is 11.3. The molecule has 1 N–H and O–H groups in total. The monoisotopic (exact) mass is 329 g/mol. The Hall–Kier alpha value is -0.210. The number of rotatable bonds is 2. The molecule has 0 radical (unpaired) electrons. The molecule has 0 aliphatic heterocycles. The second-order valence-electron chi connectivity index (χ2n) is 6.36. The Morgan fingerprint density at radius 2 is 2.06 bits per heavy atom. The number of nitrogens with one attached hydrogen (secondary N) is 1. The first-order valence-electron chi connectivity index (χ1n) is 6.58. The highest BCUT2D eigenvalue weighted by molar-refractivity contribution is 9.10. The van der Waals surface area contributed by atoms with E-state index in [1.54, 1.807) is 0 Å². The van der Waals surface area contributed by atoms with E-state index in [4.69, 9.17) is 11.6 Å². The first kappa shape index (κ1) is 14.2. The SMILES string of the molecule is CC1CC(Nc2cccc(Cl)c2Br)CC(C)(C)C1. The smallest absolute Gasteiger partial charge is 0.0593 e. The van der Waals surface area contributed by atoms with Gasteiger partial charge in [-0.1, -0.05) is 38.4 Å². The summed E-state index contributed by atoms with van der Waals surface area (Å²) < 4.78 is 0.975. The van der Waals surface area contributed by atoms with Crippen LogP contribution >= 0.6 is 27.5 Å². The maximum absolute atomic E-state index is 6.13. The minimum atomic E-state index is 0.431. The molecule has 0 spiro atoms. The van der Waals surface area contributed by atoms with Gasteiger partial charge in [0.25, 0.3) is 0 Å². The molecule has 2 rings (SSSR count). The van der Waals surface area contributed by atoms with Gasteiger partial charge < -0.3 is 5.32 Å². The molecule has 0 bridgehead atoms. The molecule has 1 aliphatic carbocycles. The van der Waals surface area contributed by atoms with E-state index in [1.807, 2.05) is 12.1 Å². The van der Waals surface area contributed by atoms with Crippen molar-refractivity contribution in [2.75, 3.05) is 5.32 Å². The van der Waals surface area contributed by atoms with Crippen LogP contribution in [0.1, 0.15) is 40.0 Å². The van der Waals surface area contributed by atoms with E-state index < -0.39 is 0 Å². The second kappa shape index (κ2) is 5.42. The molecule has 1 fully saturated rings. The highest BCUT2D eigenvalue weighted by Gasteiger charge is 2.32. The molecule has 18 heavy (non-hydrogen) atoms. The Morgan fingerprint density at radius 1 is 1.33 bits per heavy atom. The third-order valence-corrected chi connectivity index (χ3v) is 5.10. The predicted molar refractivity (Wildman–Crippen MR) is 83.4 cm³/mol. The summed E-state index contributed by atoms with van der Waals surface area (Å²) in [5.41, 5.74) is 1.54. The molecular formula is C15H21BrClN. The number of anilines is 1. The Balaban J connectivity index is 2.11. The normalized spacial score (nSPS) is 26.9. The zero-order chi connectivity index (χ0) is 13.3. The summed E-state index contributed by atoms with van der Waals surface area (Å²) in [4.78, 5) is 0. The van der Waals surface area contributed by atoms with Crippen molar-refractivity contribution in [3.05, 3.63) is 27.7 Å². The fourth-order valence-electron chi connectivity index (χ4n) is 3.29. The minimum Gasteiger partial charge on any atom is -0.381 e. The standard InChI is InChI=1S/C15H21BrClN/c1-10-7-11(9-15(2,3)8-10)18-13-6-4-5-12(17)14(13)16/h4-6,10-11,18H,7-9H2,1-3H3. The molecule has 1 saturated carbocycles. The molecule has 0 amide bonds. The summed E-state index contributed by atoms with van der Waals surface area (Å²) in [6.45, 7) is 7.08. The van der Waals surface area contributed by atoms with Crippen LogP contribution in [0.4, 0.5) is 5.69 Å². The molecule has 1 aromatic rings. The summed E-state index contributed by atoms with van der Waals surface area (Å²) in [7, 11) is 0. The lowest BCUT2D eigenvalue weighted by atomic mass is 9.70. The molecule has 3 heteroatoms. The molecule has 1 aliphatic rings. The fraction of sp³-hybridized carbons (Fsp3) is 0.600. The van der Waals surface area contributed by atoms with Gasteiger partial charge in [0.05, 0.1) is 15.2 Å². The average molecular weight is 331 g/mol. The summed E-state index contributed by atoms with van der Waals surface area (Å²) in [5, 5.41) is 4.41. The van der Waals surface area contributed by atoms with Gasteiger partial charge in [0, 0.05) is 6.04 Å². The minimum absolute atomic E-state index is 0.431. The van der Waals surface area contributed by atoms with Crippen LogP contribution in [0.3, 0.4) is 0 Å². The number of hydrogen-bond acceptors (Lipinski definition) is 1. The molecule has 2 unspecified atom stereocenters. The Kier molecular flexibility index (Phi) is 4.28. The summed E-state index contributed by atoms with van der Waals surface area (Å²) in [6, 6.07) is 6.53. The topological polar surface area (TPSA) is 12.0 Å². The van der Waals surface area contributed by atoms with Crippen LogP contribution in [0.25, 0.3) is 0 Å². The predicted octanol–water partition coefficient (Wildman–Crippen LogP) is 5.73. The lowest BCUT2D eigenvalue weighted by Gasteiger charge is -2.39. The van der Waals surface area contributed by atoms with Gasteiger partial charge in [-0.15, -0.1) is 0 Å². The van der Waals surface area contributed by atoms with Gasteiger partial charge >= 0.3 is 0 Å². The Bertz CT molecular complexity index is 431. The maximum Gasteiger partial charge on any atom is 0.0593 e. The summed E-state index contributed by atoms with van der Waals surface area (Å²) >= 11 is 9.69. The van der Waals surface area contributed by atoms with E-state index in [9.17, 15) is 0 Å². The van der Waals surface area contributed by atoms with Crippen molar-refractivity contribution in [1.82, 2.24) is 0 Å². The van der Waals surface area contributed by atoms with Crippen molar-refractivity contribution in [2.45, 2.75) is 46.1 Å². The maximum atomic E-state index is 6.13. The van der Waals surface area contributed by atoms with Gasteiger partial charge in [-0.3, -0.25) is 0 Å². The lowest BCUT2D eigenvalue weighted by molar-refractivity contribution is 0.178. The van der Waals surface area contributed by atoms with E-state index >= 15 is 0 Å². The van der Waals surface area contributed by atoms with E-state index in [0.29, 0.717) is 11.5 Å². The lowest BCUT2D eigenvalue weighted by Crippen LogP contribution is -2.35. The molecule has 1 aromatic carbocycles. The van der Waals surface area contributed by atoms with Gasteiger partial charge in [0.1, 0.15) is 0 Å². The summed E-state index contributed by atoms with van der Waals surface area (Å²) in [6.07, 6.45) is 3.78. The van der Waals surface area contributed by atoms with Crippen LogP contribution in [-0.4, -0.2) is 6.04 Å². The van der Waals surface area contributed by atoms with Crippen LogP contribution in [0, 0.1) is 11.3 Å². The number of benzene rings is 1. The van der Waals surface area contributed by atoms with Crippen molar-refractivity contribution < 1.29 is 0 Å².